The maximum absolute atomic E-state index is 9.84. The molecule has 0 bridgehead atoms. The lowest BCUT2D eigenvalue weighted by molar-refractivity contribution is 0.430. The van der Waals surface area contributed by atoms with E-state index >= 15 is 0 Å². The molecule has 4 nitrogen and oxygen atoms in total. The smallest absolute Gasteiger partial charge is 0.183 e. The van der Waals surface area contributed by atoms with Crippen LogP contribution in [0.5, 0.6) is 5.75 Å². The number of para-hydroxylation sites is 1. The van der Waals surface area contributed by atoms with Crippen LogP contribution in [0.25, 0.3) is 22.7 Å². The summed E-state index contributed by atoms with van der Waals surface area (Å²) in [6.45, 7) is 0. The predicted molar refractivity (Wildman–Crippen MR) is 83.4 cm³/mol. The molecule has 0 saturated carbocycles. The van der Waals surface area contributed by atoms with Gasteiger partial charge in [-0.1, -0.05) is 17.3 Å². The van der Waals surface area contributed by atoms with Gasteiger partial charge in [0.2, 0.25) is 0 Å². The van der Waals surface area contributed by atoms with Gasteiger partial charge < -0.3 is 14.2 Å². The predicted octanol–water partition coefficient (Wildman–Crippen LogP) is 4.58. The molecule has 0 aliphatic rings. The molecule has 2 heterocycles. The Balaban J connectivity index is 2.07. The zero-order chi connectivity index (χ0) is 14.3. The average molecular weight is 398 g/mol. The van der Waals surface area contributed by atoms with Gasteiger partial charge in [0, 0.05) is 18.7 Å². The van der Waals surface area contributed by atoms with Crippen LogP contribution in [0, 0.1) is 0 Å². The van der Waals surface area contributed by atoms with E-state index in [0.29, 0.717) is 17.0 Å². The second kappa shape index (κ2) is 5.10. The lowest BCUT2D eigenvalue weighted by Crippen LogP contribution is -1.89. The van der Waals surface area contributed by atoms with Crippen molar-refractivity contribution in [3.63, 3.8) is 0 Å². The van der Waals surface area contributed by atoms with Gasteiger partial charge in [0.05, 0.1) is 14.8 Å². The summed E-state index contributed by atoms with van der Waals surface area (Å²) in [6, 6.07) is 10.8. The highest BCUT2D eigenvalue weighted by atomic mass is 79.9. The number of hydrogen-bond donors (Lipinski definition) is 1. The molecule has 20 heavy (non-hydrogen) atoms. The Kier molecular flexibility index (Phi) is 3.43. The van der Waals surface area contributed by atoms with E-state index < -0.39 is 0 Å². The van der Waals surface area contributed by atoms with Crippen molar-refractivity contribution in [2.45, 2.75) is 0 Å². The van der Waals surface area contributed by atoms with Crippen molar-refractivity contribution in [3.8, 4) is 28.5 Å². The molecule has 0 aliphatic carbocycles. The second-order valence-electron chi connectivity index (χ2n) is 4.32. The average Bonchev–Trinajstić information content (AvgIpc) is 3.00. The number of hydrogen-bond acceptors (Lipinski definition) is 3. The van der Waals surface area contributed by atoms with E-state index in [1.165, 1.54) is 0 Å². The Hall–Kier alpha value is -1.53. The summed E-state index contributed by atoms with van der Waals surface area (Å²) >= 11 is 6.93. The Morgan fingerprint density at radius 3 is 2.60 bits per heavy atom. The monoisotopic (exact) mass is 396 g/mol. The van der Waals surface area contributed by atoms with Gasteiger partial charge in [-0.3, -0.25) is 0 Å². The molecule has 0 amide bonds. The standard InChI is InChI=1S/C14H10Br2N2O2/c1-18-11(6-9(15)14(18)16)13-7-10(17-20-13)8-4-2-3-5-12(8)19/h2-7,19H,1H3. The van der Waals surface area contributed by atoms with Gasteiger partial charge in [-0.15, -0.1) is 0 Å². The van der Waals surface area contributed by atoms with E-state index in [2.05, 4.69) is 37.0 Å². The van der Waals surface area contributed by atoms with E-state index in [1.807, 2.05) is 29.8 Å². The highest BCUT2D eigenvalue weighted by Crippen LogP contribution is 2.35. The van der Waals surface area contributed by atoms with Crippen molar-refractivity contribution in [2.75, 3.05) is 0 Å². The van der Waals surface area contributed by atoms with E-state index in [1.54, 1.807) is 18.2 Å². The molecule has 1 N–H and O–H groups in total. The van der Waals surface area contributed by atoms with E-state index in [-0.39, 0.29) is 5.75 Å². The molecule has 0 saturated heterocycles. The highest BCUT2D eigenvalue weighted by Gasteiger charge is 2.16. The first-order chi connectivity index (χ1) is 9.58. The molecule has 1 aromatic carbocycles. The molecular weight excluding hydrogens is 388 g/mol. The molecule has 3 aromatic rings. The van der Waals surface area contributed by atoms with Crippen LogP contribution in [0.1, 0.15) is 0 Å². The third kappa shape index (κ3) is 2.19. The minimum absolute atomic E-state index is 0.182. The van der Waals surface area contributed by atoms with Gasteiger partial charge in [0.15, 0.2) is 5.76 Å². The highest BCUT2D eigenvalue weighted by molar-refractivity contribution is 9.13. The maximum atomic E-state index is 9.84. The van der Waals surface area contributed by atoms with Gasteiger partial charge in [-0.2, -0.15) is 0 Å². The van der Waals surface area contributed by atoms with Crippen LogP contribution in [-0.4, -0.2) is 14.8 Å². The lowest BCUT2D eigenvalue weighted by Gasteiger charge is -1.99. The first-order valence-electron chi connectivity index (χ1n) is 5.84. The summed E-state index contributed by atoms with van der Waals surface area (Å²) in [5.41, 5.74) is 2.14. The van der Waals surface area contributed by atoms with Gasteiger partial charge in [0.25, 0.3) is 0 Å². The van der Waals surface area contributed by atoms with Crippen LogP contribution in [0.3, 0.4) is 0 Å². The van der Waals surface area contributed by atoms with Crippen LogP contribution in [0.4, 0.5) is 0 Å². The van der Waals surface area contributed by atoms with Gasteiger partial charge >= 0.3 is 0 Å². The number of phenols is 1. The normalized spacial score (nSPS) is 10.9. The van der Waals surface area contributed by atoms with Crippen molar-refractivity contribution in [1.29, 1.82) is 0 Å². The largest absolute Gasteiger partial charge is 0.507 e. The topological polar surface area (TPSA) is 51.2 Å². The Labute approximate surface area is 132 Å². The van der Waals surface area contributed by atoms with Crippen LogP contribution >= 0.6 is 31.9 Å². The van der Waals surface area contributed by atoms with Crippen LogP contribution < -0.4 is 0 Å². The van der Waals surface area contributed by atoms with Crippen LogP contribution in [0.2, 0.25) is 0 Å². The number of halogens is 2. The fourth-order valence-corrected chi connectivity index (χ4v) is 2.78. The first kappa shape index (κ1) is 13.5. The quantitative estimate of drug-likeness (QED) is 0.688. The van der Waals surface area contributed by atoms with Gasteiger partial charge in [-0.05, 0) is 50.1 Å². The molecule has 0 aliphatic heterocycles. The zero-order valence-corrected chi connectivity index (χ0v) is 13.6. The van der Waals surface area contributed by atoms with Crippen molar-refractivity contribution in [1.82, 2.24) is 9.72 Å². The minimum Gasteiger partial charge on any atom is -0.507 e. The molecule has 0 fully saturated rings. The zero-order valence-electron chi connectivity index (χ0n) is 10.5. The number of rotatable bonds is 2. The molecule has 0 spiro atoms. The van der Waals surface area contributed by atoms with Gasteiger partial charge in [0.1, 0.15) is 11.4 Å². The molecule has 6 heteroatoms. The summed E-state index contributed by atoms with van der Waals surface area (Å²) < 4.78 is 9.19. The Morgan fingerprint density at radius 2 is 1.95 bits per heavy atom. The summed E-state index contributed by atoms with van der Waals surface area (Å²) in [5.74, 6) is 0.818. The number of aromatic hydroxyl groups is 1. The fraction of sp³-hybridized carbons (Fsp3) is 0.0714. The molecule has 0 unspecified atom stereocenters. The van der Waals surface area contributed by atoms with Crippen molar-refractivity contribution in [3.05, 3.63) is 45.5 Å². The SMILES string of the molecule is Cn1c(-c2cc(-c3ccccc3O)no2)cc(Br)c1Br. The Morgan fingerprint density at radius 1 is 1.20 bits per heavy atom. The fourth-order valence-electron chi connectivity index (χ4n) is 1.99. The van der Waals surface area contributed by atoms with Crippen LogP contribution in [-0.2, 0) is 7.05 Å². The van der Waals surface area contributed by atoms with Gasteiger partial charge in [-0.25, -0.2) is 0 Å². The van der Waals surface area contributed by atoms with E-state index in [0.717, 1.165) is 14.8 Å². The molecule has 0 atom stereocenters. The molecule has 102 valence electrons. The summed E-state index contributed by atoms with van der Waals surface area (Å²) in [6.07, 6.45) is 0. The lowest BCUT2D eigenvalue weighted by atomic mass is 10.1. The number of benzene rings is 1. The summed E-state index contributed by atoms with van der Waals surface area (Å²) in [5, 5.41) is 13.9. The summed E-state index contributed by atoms with van der Waals surface area (Å²) in [4.78, 5) is 0. The Bertz CT molecular complexity index is 777. The van der Waals surface area contributed by atoms with Crippen molar-refractivity contribution < 1.29 is 9.63 Å². The van der Waals surface area contributed by atoms with E-state index in [9.17, 15) is 5.11 Å². The molecular formula is C14H10Br2N2O2. The number of phenolic OH excluding ortho intramolecular Hbond substituents is 1. The molecule has 2 aromatic heterocycles. The first-order valence-corrected chi connectivity index (χ1v) is 7.42. The second-order valence-corrected chi connectivity index (χ2v) is 5.93. The third-order valence-electron chi connectivity index (χ3n) is 3.06. The number of aromatic nitrogens is 2. The summed E-state index contributed by atoms with van der Waals surface area (Å²) in [7, 11) is 1.92. The van der Waals surface area contributed by atoms with Crippen molar-refractivity contribution >= 4 is 31.9 Å². The van der Waals surface area contributed by atoms with Crippen molar-refractivity contribution in [2.24, 2.45) is 7.05 Å². The third-order valence-corrected chi connectivity index (χ3v) is 5.15. The maximum Gasteiger partial charge on any atom is 0.183 e. The van der Waals surface area contributed by atoms with Crippen LogP contribution in [0.15, 0.2) is 50.0 Å². The van der Waals surface area contributed by atoms with E-state index in [4.69, 9.17) is 4.52 Å². The molecule has 3 rings (SSSR count). The minimum atomic E-state index is 0.182. The molecule has 0 radical (unpaired) electrons. The number of nitrogens with zero attached hydrogens (tertiary/aromatic N) is 2.